The van der Waals surface area contributed by atoms with Gasteiger partial charge in [-0.25, -0.2) is 0 Å². The Bertz CT molecular complexity index is 1310. The summed E-state index contributed by atoms with van der Waals surface area (Å²) in [6, 6.07) is -0.904. The summed E-state index contributed by atoms with van der Waals surface area (Å²) in [7, 11) is 1.25. The van der Waals surface area contributed by atoms with Gasteiger partial charge in [0.25, 0.3) is 7.82 Å². The number of hydrogen-bond acceptors (Lipinski definition) is 6. The first-order chi connectivity index (χ1) is 35.0. The smallest absolute Gasteiger partial charge is 0.268 e. The summed E-state index contributed by atoms with van der Waals surface area (Å²) in [5, 5.41) is 13.9. The number of aliphatic hydroxyl groups is 1. The third kappa shape index (κ3) is 56.2. The fourth-order valence-electron chi connectivity index (χ4n) is 9.14. The van der Waals surface area contributed by atoms with E-state index in [1.807, 2.05) is 27.2 Å². The quantitative estimate of drug-likeness (QED) is 0.0272. The number of nitrogens with zero attached hydrogens (tertiary/aromatic N) is 1. The van der Waals surface area contributed by atoms with E-state index in [9.17, 15) is 19.4 Å². The molecule has 0 saturated carbocycles. The second-order valence-corrected chi connectivity index (χ2v) is 23.8. The van der Waals surface area contributed by atoms with Crippen molar-refractivity contribution in [3.63, 3.8) is 0 Å². The van der Waals surface area contributed by atoms with Gasteiger partial charge in [0.15, 0.2) is 0 Å². The van der Waals surface area contributed by atoms with E-state index in [2.05, 4.69) is 55.6 Å². The summed E-state index contributed by atoms with van der Waals surface area (Å²) in [5.41, 5.74) is 0. The number of hydrogen-bond donors (Lipinski definition) is 2. The van der Waals surface area contributed by atoms with Crippen LogP contribution in [0, 0.1) is 0 Å². The van der Waals surface area contributed by atoms with E-state index in [1.165, 1.54) is 231 Å². The minimum absolute atomic E-state index is 0.00583. The van der Waals surface area contributed by atoms with Gasteiger partial charge in [0, 0.05) is 6.42 Å². The maximum absolute atomic E-state index is 13.0. The highest BCUT2D eigenvalue weighted by atomic mass is 31.2. The van der Waals surface area contributed by atoms with Gasteiger partial charge in [-0.15, -0.1) is 0 Å². The molecule has 3 unspecified atom stereocenters. The Labute approximate surface area is 448 Å². The maximum atomic E-state index is 13.0. The number of likely N-dealkylation sites (N-methyl/N-ethyl adjacent to an activating group) is 1. The standard InChI is InChI=1S/C63H121N2O6P/c1-6-8-10-12-14-16-18-20-22-24-26-28-29-30-31-32-33-34-35-37-39-41-43-45-47-49-51-53-55-57-63(67)64-61(60-71-72(68,69)70-59-58-65(3,4)5)62(66)56-54-52-50-48-46-44-42-40-38-36-27-25-23-21-19-17-15-13-11-9-7-2/h18,20,24,26,46,48,54,56,61-62,66H,6-17,19,21-23,25,27-45,47,49-53,55,57-60H2,1-5H3,(H-,64,67,68,69)/b20-18-,26-24-,48-46+,56-54+. The number of amides is 1. The first-order valence-corrected chi connectivity index (χ1v) is 32.5. The van der Waals surface area contributed by atoms with Crippen molar-refractivity contribution in [1.82, 2.24) is 5.32 Å². The minimum atomic E-state index is -4.61. The maximum Gasteiger partial charge on any atom is 0.268 e. The highest BCUT2D eigenvalue weighted by molar-refractivity contribution is 7.45. The Kier molecular flexibility index (Phi) is 53.1. The van der Waals surface area contributed by atoms with Crippen LogP contribution in [0.1, 0.15) is 296 Å². The molecule has 0 rings (SSSR count). The highest BCUT2D eigenvalue weighted by Crippen LogP contribution is 2.38. The largest absolute Gasteiger partial charge is 0.756 e. The van der Waals surface area contributed by atoms with Crippen LogP contribution in [0.4, 0.5) is 0 Å². The molecular weight excluding hydrogens is 912 g/mol. The van der Waals surface area contributed by atoms with Crippen LogP contribution in [0.2, 0.25) is 0 Å². The molecule has 424 valence electrons. The van der Waals surface area contributed by atoms with Gasteiger partial charge in [-0.1, -0.05) is 274 Å². The number of rotatable bonds is 57. The summed E-state index contributed by atoms with van der Waals surface area (Å²) in [5.74, 6) is -0.203. The van der Waals surface area contributed by atoms with E-state index in [-0.39, 0.29) is 12.5 Å². The monoisotopic (exact) mass is 1030 g/mol. The Morgan fingerprint density at radius 2 is 0.819 bits per heavy atom. The first-order valence-electron chi connectivity index (χ1n) is 31.0. The third-order valence-corrected chi connectivity index (χ3v) is 15.0. The zero-order valence-corrected chi connectivity index (χ0v) is 49.3. The molecule has 0 radical (unpaired) electrons. The number of aliphatic hydroxyl groups excluding tert-OH is 1. The fraction of sp³-hybridized carbons (Fsp3) is 0.857. The van der Waals surface area contributed by atoms with E-state index in [0.717, 1.165) is 44.9 Å². The van der Waals surface area contributed by atoms with Crippen LogP contribution in [0.5, 0.6) is 0 Å². The predicted molar refractivity (Wildman–Crippen MR) is 311 cm³/mol. The molecule has 0 spiro atoms. The molecule has 0 aromatic carbocycles. The molecule has 3 atom stereocenters. The lowest BCUT2D eigenvalue weighted by Crippen LogP contribution is -2.45. The SMILES string of the molecule is CCCCCCC/C=C\C/C=C\CCCCCCCCCCCCCCCCCCCC(=O)NC(COP(=O)([O-])OCC[N+](C)(C)C)C(O)/C=C/CC/C=C/CCCCCCCCCCCCCCCCC. The molecule has 0 bridgehead atoms. The number of carbonyl (C=O) groups is 1. The molecular formula is C63H121N2O6P. The number of nitrogens with one attached hydrogen (secondary N) is 1. The molecule has 2 N–H and O–H groups in total. The van der Waals surface area contributed by atoms with Crippen LogP contribution in [0.15, 0.2) is 48.6 Å². The van der Waals surface area contributed by atoms with Crippen molar-refractivity contribution in [3.05, 3.63) is 48.6 Å². The Morgan fingerprint density at radius 3 is 1.21 bits per heavy atom. The third-order valence-electron chi connectivity index (χ3n) is 14.0. The van der Waals surface area contributed by atoms with Crippen molar-refractivity contribution in [2.75, 3.05) is 40.9 Å². The molecule has 8 nitrogen and oxygen atoms in total. The van der Waals surface area contributed by atoms with Gasteiger partial charge in [0.2, 0.25) is 5.91 Å². The van der Waals surface area contributed by atoms with Crippen LogP contribution in [0.3, 0.4) is 0 Å². The number of phosphoric acid groups is 1. The van der Waals surface area contributed by atoms with E-state index in [0.29, 0.717) is 17.4 Å². The van der Waals surface area contributed by atoms with Gasteiger partial charge in [-0.05, 0) is 64.2 Å². The lowest BCUT2D eigenvalue weighted by Gasteiger charge is -2.29. The van der Waals surface area contributed by atoms with Crippen molar-refractivity contribution in [3.8, 4) is 0 Å². The predicted octanol–water partition coefficient (Wildman–Crippen LogP) is 18.5. The number of allylic oxidation sites excluding steroid dienone is 7. The van der Waals surface area contributed by atoms with Gasteiger partial charge < -0.3 is 28.8 Å². The minimum Gasteiger partial charge on any atom is -0.756 e. The van der Waals surface area contributed by atoms with Crippen molar-refractivity contribution in [1.29, 1.82) is 0 Å². The summed E-state index contributed by atoms with van der Waals surface area (Å²) in [6.45, 7) is 4.65. The van der Waals surface area contributed by atoms with Crippen molar-refractivity contribution >= 4 is 13.7 Å². The zero-order valence-electron chi connectivity index (χ0n) is 48.4. The zero-order chi connectivity index (χ0) is 52.7. The van der Waals surface area contributed by atoms with Crippen LogP contribution in [-0.4, -0.2) is 68.5 Å². The van der Waals surface area contributed by atoms with Crippen LogP contribution in [0.25, 0.3) is 0 Å². The fourth-order valence-corrected chi connectivity index (χ4v) is 9.87. The molecule has 0 aliphatic heterocycles. The average molecular weight is 1030 g/mol. The molecule has 0 fully saturated rings. The van der Waals surface area contributed by atoms with Gasteiger partial charge in [-0.3, -0.25) is 9.36 Å². The Morgan fingerprint density at radius 1 is 0.486 bits per heavy atom. The van der Waals surface area contributed by atoms with E-state index in [4.69, 9.17) is 9.05 Å². The number of quaternary nitrogens is 1. The van der Waals surface area contributed by atoms with E-state index >= 15 is 0 Å². The van der Waals surface area contributed by atoms with Crippen molar-refractivity contribution in [2.45, 2.75) is 309 Å². The molecule has 0 aromatic heterocycles. The summed E-state index contributed by atoms with van der Waals surface area (Å²) in [4.78, 5) is 25.5. The average Bonchev–Trinajstić information content (AvgIpc) is 3.34. The molecule has 0 heterocycles. The molecule has 1 amide bonds. The molecule has 0 aliphatic rings. The summed E-state index contributed by atoms with van der Waals surface area (Å²) >= 11 is 0. The molecule has 72 heavy (non-hydrogen) atoms. The Hall–Kier alpha value is -1.54. The first kappa shape index (κ1) is 70.5. The summed E-state index contributed by atoms with van der Waals surface area (Å²) < 4.78 is 23.4. The van der Waals surface area contributed by atoms with Gasteiger partial charge in [0.05, 0.1) is 39.9 Å². The topological polar surface area (TPSA) is 108 Å². The number of phosphoric ester groups is 1. The lowest BCUT2D eigenvalue weighted by molar-refractivity contribution is -0.870. The molecule has 0 saturated heterocycles. The lowest BCUT2D eigenvalue weighted by atomic mass is 10.0. The van der Waals surface area contributed by atoms with Crippen molar-refractivity contribution < 1.29 is 32.9 Å². The van der Waals surface area contributed by atoms with E-state index < -0.39 is 26.6 Å². The number of unbranched alkanes of at least 4 members (excludes halogenated alkanes) is 38. The molecule has 0 aromatic rings. The van der Waals surface area contributed by atoms with Crippen LogP contribution < -0.4 is 10.2 Å². The normalized spacial score (nSPS) is 14.2. The molecule has 9 heteroatoms. The van der Waals surface area contributed by atoms with Gasteiger partial charge in [0.1, 0.15) is 13.2 Å². The summed E-state index contributed by atoms with van der Waals surface area (Å²) in [6.07, 6.45) is 72.0. The van der Waals surface area contributed by atoms with Gasteiger partial charge in [-0.2, -0.15) is 0 Å². The second kappa shape index (κ2) is 54.3. The Balaban J connectivity index is 4.15. The van der Waals surface area contributed by atoms with Crippen LogP contribution >= 0.6 is 7.82 Å². The van der Waals surface area contributed by atoms with Gasteiger partial charge >= 0.3 is 0 Å². The van der Waals surface area contributed by atoms with Crippen molar-refractivity contribution in [2.24, 2.45) is 0 Å². The molecule has 0 aliphatic carbocycles. The van der Waals surface area contributed by atoms with Crippen LogP contribution in [-0.2, 0) is 18.4 Å². The highest BCUT2D eigenvalue weighted by Gasteiger charge is 2.23. The number of carbonyl (C=O) groups excluding carboxylic acids is 1. The second-order valence-electron chi connectivity index (χ2n) is 22.4. The van der Waals surface area contributed by atoms with E-state index in [1.54, 1.807) is 6.08 Å².